The van der Waals surface area contributed by atoms with Gasteiger partial charge in [0.2, 0.25) is 0 Å². The van der Waals surface area contributed by atoms with Gasteiger partial charge in [0.25, 0.3) is 5.56 Å². The molecule has 3 aromatic rings. The maximum atomic E-state index is 12.5. The van der Waals surface area contributed by atoms with Crippen LogP contribution in [0.1, 0.15) is 28.3 Å². The predicted molar refractivity (Wildman–Crippen MR) is 86.3 cm³/mol. The van der Waals surface area contributed by atoms with Gasteiger partial charge in [-0.15, -0.1) is 0 Å². The molecule has 7 heteroatoms. The molecule has 0 saturated carbocycles. The Bertz CT molecular complexity index is 1010. The van der Waals surface area contributed by atoms with E-state index in [1.165, 1.54) is 4.57 Å². The first-order valence-corrected chi connectivity index (χ1v) is 7.28. The molecule has 3 heterocycles. The van der Waals surface area contributed by atoms with Crippen LogP contribution in [-0.4, -0.2) is 19.7 Å². The third-order valence-electron chi connectivity index (χ3n) is 4.30. The number of hydrogen-bond donors (Lipinski definition) is 3. The van der Waals surface area contributed by atoms with Crippen LogP contribution >= 0.6 is 0 Å². The molecule has 1 aliphatic heterocycles. The van der Waals surface area contributed by atoms with E-state index in [1.54, 1.807) is 7.05 Å². The Morgan fingerprint density at radius 1 is 1.13 bits per heavy atom. The van der Waals surface area contributed by atoms with Crippen LogP contribution in [0.15, 0.2) is 39.9 Å². The largest absolute Gasteiger partial charge is 0.329 e. The number of nitrogens with zero attached hydrogens (tertiary/aromatic N) is 2. The van der Waals surface area contributed by atoms with E-state index in [-0.39, 0.29) is 11.5 Å². The Morgan fingerprint density at radius 3 is 2.61 bits per heavy atom. The van der Waals surface area contributed by atoms with E-state index in [4.69, 9.17) is 0 Å². The summed E-state index contributed by atoms with van der Waals surface area (Å²) < 4.78 is 1.40. The molecule has 0 radical (unpaired) electrons. The van der Waals surface area contributed by atoms with Crippen molar-refractivity contribution < 1.29 is 0 Å². The van der Waals surface area contributed by atoms with Gasteiger partial charge >= 0.3 is 5.69 Å². The van der Waals surface area contributed by atoms with Crippen molar-refractivity contribution >= 4 is 11.6 Å². The van der Waals surface area contributed by atoms with Crippen molar-refractivity contribution in [2.75, 3.05) is 5.32 Å². The average molecular weight is 309 g/mol. The zero-order chi connectivity index (χ0) is 16.1. The van der Waals surface area contributed by atoms with Gasteiger partial charge in [0.05, 0.1) is 5.56 Å². The van der Waals surface area contributed by atoms with Gasteiger partial charge in [-0.1, -0.05) is 30.3 Å². The number of aryl methyl sites for hydroxylation is 1. The van der Waals surface area contributed by atoms with Gasteiger partial charge in [-0.05, 0) is 12.5 Å². The topological polar surface area (TPSA) is 95.6 Å². The molecule has 0 fully saturated rings. The number of rotatable bonds is 1. The van der Waals surface area contributed by atoms with Gasteiger partial charge in [0, 0.05) is 24.2 Å². The van der Waals surface area contributed by atoms with Crippen LogP contribution in [0.25, 0.3) is 0 Å². The van der Waals surface area contributed by atoms with Crippen molar-refractivity contribution in [2.24, 2.45) is 7.05 Å². The van der Waals surface area contributed by atoms with Crippen molar-refractivity contribution in [2.45, 2.75) is 12.8 Å². The Labute approximate surface area is 131 Å². The van der Waals surface area contributed by atoms with Crippen LogP contribution in [0.2, 0.25) is 0 Å². The summed E-state index contributed by atoms with van der Waals surface area (Å²) >= 11 is 0. The summed E-state index contributed by atoms with van der Waals surface area (Å²) in [6, 6.07) is 9.74. The minimum Gasteiger partial charge on any atom is -0.324 e. The summed E-state index contributed by atoms with van der Waals surface area (Å²) in [6.45, 7) is 1.92. The molecule has 23 heavy (non-hydrogen) atoms. The molecule has 2 aromatic heterocycles. The van der Waals surface area contributed by atoms with E-state index in [0.29, 0.717) is 17.2 Å². The fourth-order valence-electron chi connectivity index (χ4n) is 3.18. The molecule has 0 saturated heterocycles. The van der Waals surface area contributed by atoms with Gasteiger partial charge < -0.3 is 5.32 Å². The number of benzene rings is 1. The number of H-pyrrole nitrogens is 2. The minimum atomic E-state index is -0.455. The second-order valence-corrected chi connectivity index (χ2v) is 5.66. The average Bonchev–Trinajstić information content (AvgIpc) is 2.93. The molecule has 116 valence electrons. The third kappa shape index (κ3) is 1.86. The molecule has 0 bridgehead atoms. The molecule has 1 unspecified atom stereocenters. The lowest BCUT2D eigenvalue weighted by atomic mass is 9.83. The van der Waals surface area contributed by atoms with Gasteiger partial charge in [-0.3, -0.25) is 19.4 Å². The second kappa shape index (κ2) is 4.70. The highest BCUT2D eigenvalue weighted by Crippen LogP contribution is 2.42. The van der Waals surface area contributed by atoms with E-state index in [0.717, 1.165) is 16.8 Å². The van der Waals surface area contributed by atoms with Crippen LogP contribution < -0.4 is 16.6 Å². The van der Waals surface area contributed by atoms with Crippen molar-refractivity contribution in [1.29, 1.82) is 0 Å². The zero-order valence-electron chi connectivity index (χ0n) is 12.7. The SMILES string of the molecule is Cc1[nH]nc2c1C(c1ccccc1)c1c(n(C)c(=O)[nH]c1=O)N2. The summed E-state index contributed by atoms with van der Waals surface area (Å²) in [5.41, 5.74) is 2.48. The van der Waals surface area contributed by atoms with Crippen LogP contribution in [0.4, 0.5) is 11.6 Å². The maximum absolute atomic E-state index is 12.5. The Kier molecular flexibility index (Phi) is 2.77. The summed E-state index contributed by atoms with van der Waals surface area (Å²) in [6.07, 6.45) is 0. The molecule has 1 aliphatic rings. The van der Waals surface area contributed by atoms with Crippen LogP contribution in [0.3, 0.4) is 0 Å². The highest BCUT2D eigenvalue weighted by Gasteiger charge is 2.34. The van der Waals surface area contributed by atoms with Crippen molar-refractivity contribution in [3.8, 4) is 0 Å². The first-order valence-electron chi connectivity index (χ1n) is 7.28. The van der Waals surface area contributed by atoms with E-state index < -0.39 is 5.69 Å². The maximum Gasteiger partial charge on any atom is 0.329 e. The number of anilines is 2. The van der Waals surface area contributed by atoms with Crippen LogP contribution in [-0.2, 0) is 7.05 Å². The lowest BCUT2D eigenvalue weighted by molar-refractivity contribution is 0.767. The Hall–Kier alpha value is -3.09. The quantitative estimate of drug-likeness (QED) is 0.494. The molecular weight excluding hydrogens is 294 g/mol. The third-order valence-corrected chi connectivity index (χ3v) is 4.30. The normalized spacial score (nSPS) is 15.7. The fourth-order valence-corrected chi connectivity index (χ4v) is 3.18. The van der Waals surface area contributed by atoms with Crippen LogP contribution in [0, 0.1) is 6.92 Å². The summed E-state index contributed by atoms with van der Waals surface area (Å²) in [5.74, 6) is 0.841. The number of aromatic amines is 2. The highest BCUT2D eigenvalue weighted by molar-refractivity contribution is 5.71. The van der Waals surface area contributed by atoms with Crippen molar-refractivity contribution in [3.63, 3.8) is 0 Å². The Balaban J connectivity index is 2.10. The summed E-state index contributed by atoms with van der Waals surface area (Å²) in [4.78, 5) is 26.8. The van der Waals surface area contributed by atoms with Gasteiger partial charge in [0.1, 0.15) is 5.82 Å². The molecule has 0 amide bonds. The van der Waals surface area contributed by atoms with Gasteiger partial charge in [-0.25, -0.2) is 4.79 Å². The minimum absolute atomic E-state index is 0.281. The second-order valence-electron chi connectivity index (χ2n) is 5.66. The molecule has 4 rings (SSSR count). The van der Waals surface area contributed by atoms with Gasteiger partial charge in [0.15, 0.2) is 5.82 Å². The molecule has 0 spiro atoms. The molecule has 3 N–H and O–H groups in total. The summed E-state index contributed by atoms with van der Waals surface area (Å²) in [5, 5.41) is 10.3. The number of hydrogen-bond acceptors (Lipinski definition) is 4. The molecule has 7 nitrogen and oxygen atoms in total. The summed E-state index contributed by atoms with van der Waals surface area (Å²) in [7, 11) is 1.62. The molecule has 1 atom stereocenters. The number of aromatic nitrogens is 4. The fraction of sp³-hybridized carbons (Fsp3) is 0.188. The van der Waals surface area contributed by atoms with E-state index >= 15 is 0 Å². The van der Waals surface area contributed by atoms with E-state index in [2.05, 4.69) is 20.5 Å². The highest BCUT2D eigenvalue weighted by atomic mass is 16.2. The zero-order valence-corrected chi connectivity index (χ0v) is 12.7. The predicted octanol–water partition coefficient (Wildman–Crippen LogP) is 1.34. The lowest BCUT2D eigenvalue weighted by Gasteiger charge is -2.27. The van der Waals surface area contributed by atoms with Gasteiger partial charge in [-0.2, -0.15) is 5.10 Å². The van der Waals surface area contributed by atoms with E-state index in [9.17, 15) is 9.59 Å². The molecular formula is C16H15N5O2. The van der Waals surface area contributed by atoms with E-state index in [1.807, 2.05) is 37.3 Å². The lowest BCUT2D eigenvalue weighted by Crippen LogP contribution is -2.36. The first kappa shape index (κ1) is 13.6. The van der Waals surface area contributed by atoms with Crippen LogP contribution in [0.5, 0.6) is 0 Å². The monoisotopic (exact) mass is 309 g/mol. The number of fused-ring (bicyclic) bond motifs is 2. The molecule has 1 aromatic carbocycles. The van der Waals surface area contributed by atoms with Crippen molar-refractivity contribution in [3.05, 3.63) is 73.6 Å². The molecule has 0 aliphatic carbocycles. The van der Waals surface area contributed by atoms with Crippen molar-refractivity contribution in [1.82, 2.24) is 19.7 Å². The standard InChI is InChI=1S/C16H15N5O2/c1-8-10-11(9-6-4-3-5-7-9)12-14(17-13(10)20-19-8)21(2)16(23)18-15(12)22/h3-7,11H,1-2H3,(H2,17,19,20)(H,18,22,23). The first-order chi connectivity index (χ1) is 11.1. The Morgan fingerprint density at radius 2 is 1.87 bits per heavy atom. The number of nitrogens with one attached hydrogen (secondary N) is 3. The smallest absolute Gasteiger partial charge is 0.324 e.